The van der Waals surface area contributed by atoms with Gasteiger partial charge in [-0.1, -0.05) is 6.42 Å². The summed E-state index contributed by atoms with van der Waals surface area (Å²) in [7, 11) is -1.65. The summed E-state index contributed by atoms with van der Waals surface area (Å²) < 4.78 is 29.3. The molecule has 2 fully saturated rings. The first-order valence-corrected chi connectivity index (χ1v) is 12.0. The lowest BCUT2D eigenvalue weighted by molar-refractivity contribution is -0.123. The van der Waals surface area contributed by atoms with Crippen LogP contribution in [0.1, 0.15) is 50.8 Å². The van der Waals surface area contributed by atoms with Crippen LogP contribution in [0.5, 0.6) is 0 Å². The van der Waals surface area contributed by atoms with Crippen molar-refractivity contribution in [2.75, 3.05) is 13.1 Å². The van der Waals surface area contributed by atoms with Crippen LogP contribution in [0.15, 0.2) is 23.1 Å². The molecule has 0 atom stereocenters. The molecule has 1 saturated carbocycles. The largest absolute Gasteiger partial charge is 0.338 e. The van der Waals surface area contributed by atoms with Crippen LogP contribution in [-0.4, -0.2) is 46.8 Å². The molecule has 8 nitrogen and oxygen atoms in total. The summed E-state index contributed by atoms with van der Waals surface area (Å²) in [6.07, 6.45) is 5.88. The first-order valence-electron chi connectivity index (χ1n) is 10.5. The predicted molar refractivity (Wildman–Crippen MR) is 112 cm³/mol. The molecule has 9 heteroatoms. The first-order chi connectivity index (χ1) is 14.3. The molecule has 4 rings (SSSR count). The average molecular weight is 430 g/mol. The van der Waals surface area contributed by atoms with Crippen molar-refractivity contribution >= 4 is 27.0 Å². The number of nitrogens with one attached hydrogen (secondary N) is 1. The van der Waals surface area contributed by atoms with Crippen molar-refractivity contribution in [1.29, 1.82) is 5.26 Å². The molecule has 1 saturated heterocycles. The number of imidazole rings is 1. The van der Waals surface area contributed by atoms with E-state index in [1.165, 1.54) is 0 Å². The van der Waals surface area contributed by atoms with Gasteiger partial charge in [-0.25, -0.2) is 13.4 Å². The third kappa shape index (κ3) is 3.82. The molecule has 1 aromatic heterocycles. The molecule has 2 heterocycles. The van der Waals surface area contributed by atoms with Crippen LogP contribution in [0.25, 0.3) is 11.0 Å². The van der Waals surface area contributed by atoms with Gasteiger partial charge in [-0.3, -0.25) is 4.79 Å². The van der Waals surface area contributed by atoms with Crippen LogP contribution in [0.2, 0.25) is 0 Å². The quantitative estimate of drug-likeness (QED) is 0.758. The number of hydrogen-bond donors (Lipinski definition) is 1. The summed E-state index contributed by atoms with van der Waals surface area (Å²) in [5.41, 5.74) is 0.746. The van der Waals surface area contributed by atoms with Crippen molar-refractivity contribution in [3.63, 3.8) is 0 Å². The number of aromatic nitrogens is 2. The Kier molecular flexibility index (Phi) is 5.55. The summed E-state index contributed by atoms with van der Waals surface area (Å²) in [5.74, 6) is 0.559. The Balaban J connectivity index is 1.49. The van der Waals surface area contributed by atoms with Gasteiger partial charge in [-0.15, -0.1) is 0 Å². The lowest BCUT2D eigenvalue weighted by Crippen LogP contribution is -2.52. The van der Waals surface area contributed by atoms with E-state index in [9.17, 15) is 18.5 Å². The highest BCUT2D eigenvalue weighted by Crippen LogP contribution is 2.31. The zero-order chi connectivity index (χ0) is 21.4. The highest BCUT2D eigenvalue weighted by atomic mass is 32.2. The molecule has 1 aliphatic carbocycles. The minimum absolute atomic E-state index is 0.156. The lowest BCUT2D eigenvalue weighted by atomic mass is 9.78. The van der Waals surface area contributed by atoms with Crippen LogP contribution in [0, 0.1) is 11.3 Å². The minimum Gasteiger partial charge on any atom is -0.338 e. The smallest absolute Gasteiger partial charge is 0.243 e. The van der Waals surface area contributed by atoms with Gasteiger partial charge in [0, 0.05) is 33.0 Å². The summed E-state index contributed by atoms with van der Waals surface area (Å²) in [6.45, 7) is 1.13. The van der Waals surface area contributed by atoms with Crippen LogP contribution in [-0.2, 0) is 28.3 Å². The molecule has 1 amide bonds. The standard InChI is InChI=1S/C21H27N5O3S/c1-25-18-7-6-16(30(28,29)26-12-3-2-4-13-26)14-17(18)23-19(25)8-9-20(27)24-21(15-22)10-5-11-21/h6-7,14H,2-5,8-13H2,1H3,(H,24,27). The highest BCUT2D eigenvalue weighted by molar-refractivity contribution is 7.89. The number of hydrogen-bond acceptors (Lipinski definition) is 5. The summed E-state index contributed by atoms with van der Waals surface area (Å²) in [5, 5.41) is 12.1. The molecule has 1 N–H and O–H groups in total. The number of carbonyl (C=O) groups excluding carboxylic acids is 1. The molecule has 2 aromatic rings. The molecular formula is C21H27N5O3S. The number of piperidine rings is 1. The molecule has 0 radical (unpaired) electrons. The molecule has 160 valence electrons. The number of sulfonamides is 1. The maximum atomic E-state index is 12.9. The fourth-order valence-electron chi connectivity index (χ4n) is 4.22. The zero-order valence-corrected chi connectivity index (χ0v) is 18.0. The fourth-order valence-corrected chi connectivity index (χ4v) is 5.76. The molecule has 0 unspecified atom stereocenters. The minimum atomic E-state index is -3.51. The van der Waals surface area contributed by atoms with Gasteiger partial charge in [0.2, 0.25) is 15.9 Å². The second-order valence-corrected chi connectivity index (χ2v) is 10.2. The summed E-state index contributed by atoms with van der Waals surface area (Å²) in [4.78, 5) is 17.1. The van der Waals surface area contributed by atoms with E-state index in [4.69, 9.17) is 0 Å². The van der Waals surface area contributed by atoms with Gasteiger partial charge in [0.15, 0.2) is 0 Å². The Hall–Kier alpha value is -2.44. The summed E-state index contributed by atoms with van der Waals surface area (Å²) >= 11 is 0. The Morgan fingerprint density at radius 3 is 2.60 bits per heavy atom. The Labute approximate surface area is 176 Å². The molecule has 1 aromatic carbocycles. The number of nitriles is 1. The molecule has 0 spiro atoms. The Morgan fingerprint density at radius 2 is 1.97 bits per heavy atom. The van der Waals surface area contributed by atoms with E-state index >= 15 is 0 Å². The number of aryl methyl sites for hydroxylation is 2. The molecule has 0 bridgehead atoms. The van der Waals surface area contributed by atoms with Crippen molar-refractivity contribution in [1.82, 2.24) is 19.2 Å². The predicted octanol–water partition coefficient (Wildman–Crippen LogP) is 2.24. The SMILES string of the molecule is Cn1c(CCC(=O)NC2(C#N)CCC2)nc2cc(S(=O)(=O)N3CCCCC3)ccc21. The van der Waals surface area contributed by atoms with E-state index in [1.54, 1.807) is 22.5 Å². The van der Waals surface area contributed by atoms with Gasteiger partial charge in [0.25, 0.3) is 0 Å². The van der Waals surface area contributed by atoms with E-state index in [0.717, 1.165) is 31.2 Å². The average Bonchev–Trinajstić information content (AvgIpc) is 3.05. The number of nitrogens with zero attached hydrogens (tertiary/aromatic N) is 4. The third-order valence-electron chi connectivity index (χ3n) is 6.27. The molecule has 30 heavy (non-hydrogen) atoms. The van der Waals surface area contributed by atoms with Crippen molar-refractivity contribution in [2.45, 2.75) is 61.8 Å². The number of benzene rings is 1. The maximum absolute atomic E-state index is 12.9. The van der Waals surface area contributed by atoms with Crippen molar-refractivity contribution in [3.05, 3.63) is 24.0 Å². The van der Waals surface area contributed by atoms with Gasteiger partial charge in [-0.05, 0) is 50.3 Å². The second-order valence-electron chi connectivity index (χ2n) is 8.30. The van der Waals surface area contributed by atoms with Gasteiger partial charge < -0.3 is 9.88 Å². The van der Waals surface area contributed by atoms with Crippen molar-refractivity contribution in [3.8, 4) is 6.07 Å². The van der Waals surface area contributed by atoms with Gasteiger partial charge in [0.05, 0.1) is 22.0 Å². The van der Waals surface area contributed by atoms with E-state index in [0.29, 0.717) is 43.7 Å². The van der Waals surface area contributed by atoms with Crippen LogP contribution < -0.4 is 5.32 Å². The number of carbonyl (C=O) groups is 1. The van der Waals surface area contributed by atoms with Gasteiger partial charge in [0.1, 0.15) is 11.4 Å². The van der Waals surface area contributed by atoms with Crippen molar-refractivity contribution in [2.24, 2.45) is 7.05 Å². The monoisotopic (exact) mass is 429 g/mol. The Morgan fingerprint density at radius 1 is 1.23 bits per heavy atom. The second kappa shape index (κ2) is 8.00. The lowest BCUT2D eigenvalue weighted by Gasteiger charge is -2.35. The summed E-state index contributed by atoms with van der Waals surface area (Å²) in [6, 6.07) is 7.25. The highest BCUT2D eigenvalue weighted by Gasteiger charge is 2.38. The van der Waals surface area contributed by atoms with E-state index in [2.05, 4.69) is 16.4 Å². The number of rotatable bonds is 6. The van der Waals surface area contributed by atoms with Crippen LogP contribution in [0.4, 0.5) is 0 Å². The number of fused-ring (bicyclic) bond motifs is 1. The normalized spacial score (nSPS) is 19.2. The van der Waals surface area contributed by atoms with Gasteiger partial charge >= 0.3 is 0 Å². The maximum Gasteiger partial charge on any atom is 0.243 e. The van der Waals surface area contributed by atoms with Crippen LogP contribution >= 0.6 is 0 Å². The zero-order valence-electron chi connectivity index (χ0n) is 17.2. The molecule has 2 aliphatic rings. The van der Waals surface area contributed by atoms with E-state index in [1.807, 2.05) is 11.6 Å². The van der Waals surface area contributed by atoms with E-state index in [-0.39, 0.29) is 17.2 Å². The molecule has 1 aliphatic heterocycles. The Bertz CT molecular complexity index is 1110. The van der Waals surface area contributed by atoms with Crippen molar-refractivity contribution < 1.29 is 13.2 Å². The van der Waals surface area contributed by atoms with Crippen LogP contribution in [0.3, 0.4) is 0 Å². The topological polar surface area (TPSA) is 108 Å². The number of amides is 1. The fraction of sp³-hybridized carbons (Fsp3) is 0.571. The van der Waals surface area contributed by atoms with E-state index < -0.39 is 15.6 Å². The molecular weight excluding hydrogens is 402 g/mol. The third-order valence-corrected chi connectivity index (χ3v) is 8.17. The van der Waals surface area contributed by atoms with Gasteiger partial charge in [-0.2, -0.15) is 9.57 Å². The first kappa shape index (κ1) is 20.8.